The quantitative estimate of drug-likeness (QED) is 0.189. The molecule has 27 heavy (non-hydrogen) atoms. The van der Waals surface area contributed by atoms with E-state index >= 15 is 0 Å². The Labute approximate surface area is 184 Å². The maximum atomic E-state index is 10.9. The van der Waals surface area contributed by atoms with Crippen molar-refractivity contribution in [2.24, 2.45) is 0 Å². The molecule has 0 heterocycles. The Bertz CT molecular complexity index is 304. The van der Waals surface area contributed by atoms with Crippen LogP contribution in [0.5, 0.6) is 0 Å². The summed E-state index contributed by atoms with van der Waals surface area (Å²) in [5, 5.41) is -9.97. The summed E-state index contributed by atoms with van der Waals surface area (Å²) in [6.07, 6.45) is 0. The van der Waals surface area contributed by atoms with Crippen molar-refractivity contribution in [1.82, 2.24) is 0 Å². The van der Waals surface area contributed by atoms with Crippen LogP contribution in [0.15, 0.2) is 30.3 Å². The predicted molar refractivity (Wildman–Crippen MR) is 99.7 cm³/mol. The molecule has 159 valence electrons. The maximum absolute atomic E-state index is 10.9. The van der Waals surface area contributed by atoms with Gasteiger partial charge < -0.3 is 17.2 Å². The van der Waals surface area contributed by atoms with Gasteiger partial charge in [-0.15, -0.1) is 18.1 Å². The summed E-state index contributed by atoms with van der Waals surface area (Å²) in [4.78, 5) is 0. The molecular weight excluding hydrogens is 512 g/mol. The molecule has 0 saturated carbocycles. The van der Waals surface area contributed by atoms with E-state index in [1.807, 2.05) is 71.9 Å². The summed E-state index contributed by atoms with van der Waals surface area (Å²) in [7, 11) is 0. The van der Waals surface area contributed by atoms with Gasteiger partial charge in [0.05, 0.1) is 0 Å². The van der Waals surface area contributed by atoms with Crippen molar-refractivity contribution in [1.29, 1.82) is 0 Å². The van der Waals surface area contributed by atoms with Crippen LogP contribution in [0.3, 0.4) is 0 Å². The molecule has 0 bridgehead atoms. The minimum atomic E-state index is -4.98. The average Bonchev–Trinajstić information content (AvgIpc) is 2.77. The second-order valence-electron chi connectivity index (χ2n) is 5.65. The van der Waals surface area contributed by atoms with E-state index in [2.05, 4.69) is 0 Å². The van der Waals surface area contributed by atoms with Gasteiger partial charge in [-0.2, -0.15) is 18.2 Å². The predicted octanol–water partition coefficient (Wildman–Crippen LogP) is 7.21. The number of halogens is 6. The number of hydrogen-bond acceptors (Lipinski definition) is 0. The van der Waals surface area contributed by atoms with Crippen LogP contribution < -0.4 is 0 Å². The molecule has 0 saturated heterocycles. The minimum absolute atomic E-state index is 0. The van der Waals surface area contributed by atoms with E-state index < -0.39 is 25.4 Å². The molecule has 1 rings (SSSR count). The van der Waals surface area contributed by atoms with E-state index in [0.29, 0.717) is 0 Å². The Morgan fingerprint density at radius 2 is 0.852 bits per heavy atom. The van der Waals surface area contributed by atoms with Crippen LogP contribution in [-0.4, -0.2) is 43.6 Å². The summed E-state index contributed by atoms with van der Waals surface area (Å²) >= 11 is -4.06. The van der Waals surface area contributed by atoms with E-state index in [9.17, 15) is 26.3 Å². The van der Waals surface area contributed by atoms with Crippen molar-refractivity contribution >= 4 is 15.4 Å². The standard InChI is InChI=1S/C5H5.3C3H8N.C2HF6Ge.Zr/c1-2-4-5-3-1;3*1-3(2)4;3-1(4,5)9-2(6,7)8;/h1-5H;3*3-4H,1-2H3;9H;/q4*-1;;+4. The Hall–Kier alpha value is 0.236. The minimum Gasteiger partial charge on any atom is -0.214 e. The van der Waals surface area contributed by atoms with Crippen molar-refractivity contribution in [3.8, 4) is 0 Å². The first-order valence-corrected chi connectivity index (χ1v) is 10.1. The molecule has 0 amide bonds. The van der Waals surface area contributed by atoms with Gasteiger partial charge in [-0.3, -0.25) is 0 Å². The summed E-state index contributed by atoms with van der Waals surface area (Å²) in [6, 6.07) is 10.2. The Balaban J connectivity index is -0.0000000780. The molecule has 0 aromatic heterocycles. The molecule has 0 aliphatic heterocycles. The van der Waals surface area contributed by atoms with E-state index in [-0.39, 0.29) is 44.3 Å². The van der Waals surface area contributed by atoms with Crippen LogP contribution in [-0.2, 0) is 26.2 Å². The fraction of sp³-hybridized carbons (Fsp3) is 0.688. The second kappa shape index (κ2) is 22.5. The van der Waals surface area contributed by atoms with Gasteiger partial charge in [0.15, 0.2) is 0 Å². The molecule has 3 N–H and O–H groups in total. The van der Waals surface area contributed by atoms with Crippen molar-refractivity contribution in [2.45, 2.75) is 69.7 Å². The molecule has 3 nitrogen and oxygen atoms in total. The molecule has 0 aliphatic rings. The molecule has 11 heteroatoms. The van der Waals surface area contributed by atoms with Crippen LogP contribution in [0.2, 0.25) is 0 Å². The fourth-order valence-electron chi connectivity index (χ4n) is 0.506. The van der Waals surface area contributed by atoms with Gasteiger partial charge in [0.25, 0.3) is 0 Å². The van der Waals surface area contributed by atoms with Crippen molar-refractivity contribution in [2.75, 3.05) is 0 Å². The van der Waals surface area contributed by atoms with Crippen molar-refractivity contribution in [3.63, 3.8) is 0 Å². The average molecular weight is 542 g/mol. The van der Waals surface area contributed by atoms with Gasteiger partial charge in [-0.1, -0.05) is 41.5 Å². The van der Waals surface area contributed by atoms with Gasteiger partial charge in [0, 0.05) is 0 Å². The summed E-state index contributed by atoms with van der Waals surface area (Å²) in [5.41, 5.74) is 19.8. The number of hydrogen-bond donors (Lipinski definition) is 0. The van der Waals surface area contributed by atoms with Crippen LogP contribution in [0, 0.1) is 0 Å². The Morgan fingerprint density at radius 3 is 0.889 bits per heavy atom. The third-order valence-corrected chi connectivity index (χ3v) is 2.26. The molecule has 1 aromatic rings. The maximum Gasteiger partial charge on any atom is 4.00 e. The number of alkyl halides is 6. The zero-order valence-corrected chi connectivity index (χ0v) is 21.3. The molecule has 0 spiro atoms. The monoisotopic (exact) mass is 542 g/mol. The normalized spacial score (nSPS) is 10.1. The Kier molecular flexibility index (Phi) is 31.6. The first-order chi connectivity index (χ1) is 11.4. The zero-order valence-electron chi connectivity index (χ0n) is 16.5. The fourth-order valence-corrected chi connectivity index (χ4v) is 1.29. The number of nitrogens with one attached hydrogen (secondary N) is 3. The largest absolute Gasteiger partial charge is 4.00 e. The second-order valence-corrected chi connectivity index (χ2v) is 9.01. The van der Waals surface area contributed by atoms with Gasteiger partial charge in [-0.05, 0) is 0 Å². The third-order valence-electron chi connectivity index (χ3n) is 0.883. The van der Waals surface area contributed by atoms with Gasteiger partial charge in [-0.25, -0.2) is 12.1 Å². The topological polar surface area (TPSA) is 71.4 Å². The molecule has 0 aliphatic carbocycles. The van der Waals surface area contributed by atoms with Crippen molar-refractivity contribution < 1.29 is 52.5 Å². The molecule has 0 unspecified atom stereocenters. The molecule has 1 radical (unpaired) electrons. The van der Waals surface area contributed by atoms with Gasteiger partial charge >= 0.3 is 78.0 Å². The van der Waals surface area contributed by atoms with Crippen LogP contribution in [0.4, 0.5) is 26.3 Å². The number of rotatable bonds is 0. The van der Waals surface area contributed by atoms with Crippen molar-refractivity contribution in [3.05, 3.63) is 47.5 Å². The SMILES string of the molecule is CC(C)[NH-].CC(C)[NH-].CC(C)[NH-].F[C](F)(F)[GeH][C](F)(F)F.[Zr+4].c1cc[cH-]c1. The van der Waals surface area contributed by atoms with E-state index in [4.69, 9.17) is 17.2 Å². The van der Waals surface area contributed by atoms with E-state index in [1.54, 1.807) is 0 Å². The molecule has 0 fully saturated rings. The molecular formula is C16H30F6GeN3Zr. The Morgan fingerprint density at radius 1 is 0.667 bits per heavy atom. The van der Waals surface area contributed by atoms with E-state index in [0.717, 1.165) is 0 Å². The summed E-state index contributed by atoms with van der Waals surface area (Å²) in [5.74, 6) is 0. The van der Waals surface area contributed by atoms with Gasteiger partial charge in [0.2, 0.25) is 0 Å². The van der Waals surface area contributed by atoms with Crippen LogP contribution >= 0.6 is 0 Å². The van der Waals surface area contributed by atoms with Gasteiger partial charge in [0.1, 0.15) is 0 Å². The first kappa shape index (κ1) is 37.9. The first-order valence-electron chi connectivity index (χ1n) is 7.71. The summed E-state index contributed by atoms with van der Waals surface area (Å²) in [6.45, 7) is 11.0. The van der Waals surface area contributed by atoms with E-state index in [1.165, 1.54) is 0 Å². The molecule has 1 aromatic carbocycles. The third kappa shape index (κ3) is 122. The summed E-state index contributed by atoms with van der Waals surface area (Å²) < 4.78 is 65.4. The van der Waals surface area contributed by atoms with Crippen LogP contribution in [0.1, 0.15) is 41.5 Å². The zero-order chi connectivity index (χ0) is 22.0. The van der Waals surface area contributed by atoms with Crippen LogP contribution in [0.25, 0.3) is 17.2 Å². The smallest absolute Gasteiger partial charge is 0.214 e. The molecule has 0 atom stereocenters.